The molecule has 126 valence electrons. The maximum Gasteiger partial charge on any atom is 0.115 e. The molecule has 0 saturated heterocycles. The van der Waals surface area contributed by atoms with Crippen LogP contribution in [0.2, 0.25) is 0 Å². The van der Waals surface area contributed by atoms with Gasteiger partial charge in [-0.3, -0.25) is 0 Å². The molecule has 1 unspecified atom stereocenters. The van der Waals surface area contributed by atoms with E-state index < -0.39 is 0 Å². The first-order chi connectivity index (χ1) is 12.3. The minimum absolute atomic E-state index is 0.00124. The third-order valence-electron chi connectivity index (χ3n) is 4.26. The van der Waals surface area contributed by atoms with E-state index in [4.69, 9.17) is 0 Å². The molecule has 0 saturated carbocycles. The Morgan fingerprint density at radius 2 is 1.96 bits per heavy atom. The monoisotopic (exact) mass is 366 g/mol. The molecule has 3 aromatic heterocycles. The van der Waals surface area contributed by atoms with Gasteiger partial charge in [-0.25, -0.2) is 9.67 Å². The topological polar surface area (TPSA) is 43.6 Å². The first kappa shape index (κ1) is 16.2. The van der Waals surface area contributed by atoms with Crippen LogP contribution in [0.5, 0.6) is 0 Å². The van der Waals surface area contributed by atoms with Crippen molar-refractivity contribution in [2.75, 3.05) is 0 Å². The maximum atomic E-state index is 4.47. The average Bonchev–Trinajstić information content (AvgIpc) is 3.37. The van der Waals surface area contributed by atoms with Gasteiger partial charge in [-0.2, -0.15) is 0 Å². The zero-order valence-corrected chi connectivity index (χ0v) is 15.7. The van der Waals surface area contributed by atoms with Crippen molar-refractivity contribution in [3.05, 3.63) is 74.5 Å². The van der Waals surface area contributed by atoms with Gasteiger partial charge in [0, 0.05) is 10.4 Å². The van der Waals surface area contributed by atoms with Crippen molar-refractivity contribution < 1.29 is 0 Å². The zero-order valence-electron chi connectivity index (χ0n) is 14.1. The highest BCUT2D eigenvalue weighted by molar-refractivity contribution is 7.10. The van der Waals surface area contributed by atoms with Gasteiger partial charge in [0.05, 0.1) is 22.3 Å². The number of hydrogen-bond acceptors (Lipinski definition) is 5. The van der Waals surface area contributed by atoms with E-state index in [2.05, 4.69) is 64.1 Å². The molecule has 0 aliphatic rings. The van der Waals surface area contributed by atoms with E-state index >= 15 is 0 Å². The number of nitrogens with zero attached hydrogens (tertiary/aromatic N) is 4. The van der Waals surface area contributed by atoms with Crippen LogP contribution >= 0.6 is 22.7 Å². The summed E-state index contributed by atoms with van der Waals surface area (Å²) in [5.74, 6) is 0. The first-order valence-corrected chi connectivity index (χ1v) is 9.97. The number of thiazole rings is 1. The lowest BCUT2D eigenvalue weighted by molar-refractivity contribution is 0.575. The van der Waals surface area contributed by atoms with Crippen LogP contribution in [-0.2, 0) is 6.42 Å². The van der Waals surface area contributed by atoms with Gasteiger partial charge in [0.2, 0.25) is 0 Å². The molecule has 0 bridgehead atoms. The van der Waals surface area contributed by atoms with Gasteiger partial charge >= 0.3 is 0 Å². The minimum atomic E-state index is -0.00124. The molecule has 25 heavy (non-hydrogen) atoms. The number of benzene rings is 1. The lowest BCUT2D eigenvalue weighted by Crippen LogP contribution is -2.13. The van der Waals surface area contributed by atoms with E-state index in [0.717, 1.165) is 17.8 Å². The summed E-state index contributed by atoms with van der Waals surface area (Å²) in [5, 5.41) is 11.0. The first-order valence-electron chi connectivity index (χ1n) is 8.21. The molecule has 0 N–H and O–H groups in total. The molecule has 1 aromatic carbocycles. The Bertz CT molecular complexity index is 968. The molecule has 0 radical (unpaired) electrons. The third kappa shape index (κ3) is 3.03. The van der Waals surface area contributed by atoms with Gasteiger partial charge in [-0.05, 0) is 30.4 Å². The fourth-order valence-electron chi connectivity index (χ4n) is 3.00. The van der Waals surface area contributed by atoms with Gasteiger partial charge in [0.1, 0.15) is 11.7 Å². The standard InChI is InChI=1S/C19H18N4S2/c1-3-17-15(9-10-24-17)16-11-23(22-21-16)18(14-7-5-4-6-8-14)19-13(2)20-12-25-19/h4-12,18H,3H2,1-2H3. The summed E-state index contributed by atoms with van der Waals surface area (Å²) in [6.07, 6.45) is 3.06. The average molecular weight is 367 g/mol. The number of rotatable bonds is 5. The van der Waals surface area contributed by atoms with Crippen LogP contribution < -0.4 is 0 Å². The van der Waals surface area contributed by atoms with Crippen molar-refractivity contribution in [1.82, 2.24) is 20.0 Å². The molecular weight excluding hydrogens is 348 g/mol. The molecule has 6 heteroatoms. The summed E-state index contributed by atoms with van der Waals surface area (Å²) < 4.78 is 1.96. The molecule has 0 fully saturated rings. The van der Waals surface area contributed by atoms with Gasteiger partial charge < -0.3 is 0 Å². The van der Waals surface area contributed by atoms with E-state index in [1.165, 1.54) is 20.9 Å². The van der Waals surface area contributed by atoms with E-state index in [-0.39, 0.29) is 6.04 Å². The number of aryl methyl sites for hydroxylation is 2. The van der Waals surface area contributed by atoms with E-state index in [1.54, 1.807) is 22.7 Å². The highest BCUT2D eigenvalue weighted by Crippen LogP contribution is 2.33. The van der Waals surface area contributed by atoms with E-state index in [9.17, 15) is 0 Å². The normalized spacial score (nSPS) is 12.4. The summed E-state index contributed by atoms with van der Waals surface area (Å²) in [4.78, 5) is 6.97. The highest BCUT2D eigenvalue weighted by Gasteiger charge is 2.22. The van der Waals surface area contributed by atoms with Gasteiger partial charge in [-0.15, -0.1) is 27.8 Å². The fraction of sp³-hybridized carbons (Fsp3) is 0.211. The lowest BCUT2D eigenvalue weighted by atomic mass is 10.0. The van der Waals surface area contributed by atoms with Crippen LogP contribution in [-0.4, -0.2) is 20.0 Å². The molecule has 4 rings (SSSR count). The molecule has 0 aliphatic heterocycles. The van der Waals surface area contributed by atoms with E-state index in [0.29, 0.717) is 0 Å². The fourth-order valence-corrected chi connectivity index (χ4v) is 4.76. The quantitative estimate of drug-likeness (QED) is 0.501. The van der Waals surface area contributed by atoms with Crippen molar-refractivity contribution >= 4 is 22.7 Å². The van der Waals surface area contributed by atoms with Crippen LogP contribution in [0.1, 0.15) is 34.0 Å². The predicted octanol–water partition coefficient (Wildman–Crippen LogP) is 4.97. The Balaban J connectivity index is 1.80. The molecular formula is C19H18N4S2. The summed E-state index contributed by atoms with van der Waals surface area (Å²) in [7, 11) is 0. The lowest BCUT2D eigenvalue weighted by Gasteiger charge is -2.16. The van der Waals surface area contributed by atoms with Crippen molar-refractivity contribution in [3.63, 3.8) is 0 Å². The SMILES string of the molecule is CCc1sccc1-c1cn(C(c2ccccc2)c2scnc2C)nn1. The maximum absolute atomic E-state index is 4.47. The summed E-state index contributed by atoms with van der Waals surface area (Å²) >= 11 is 3.44. The Morgan fingerprint density at radius 3 is 2.68 bits per heavy atom. The second-order valence-corrected chi connectivity index (χ2v) is 7.70. The molecule has 3 heterocycles. The second-order valence-electron chi connectivity index (χ2n) is 5.81. The Labute approximate surface area is 154 Å². The van der Waals surface area contributed by atoms with Crippen LogP contribution in [0.4, 0.5) is 0 Å². The van der Waals surface area contributed by atoms with Crippen molar-refractivity contribution in [1.29, 1.82) is 0 Å². The molecule has 0 spiro atoms. The van der Waals surface area contributed by atoms with E-state index in [1.807, 2.05) is 23.2 Å². The van der Waals surface area contributed by atoms with Crippen molar-refractivity contribution in [3.8, 4) is 11.3 Å². The largest absolute Gasteiger partial charge is 0.250 e. The van der Waals surface area contributed by atoms with Crippen molar-refractivity contribution in [2.45, 2.75) is 26.3 Å². The molecule has 1 atom stereocenters. The van der Waals surface area contributed by atoms with Crippen molar-refractivity contribution in [2.24, 2.45) is 0 Å². The van der Waals surface area contributed by atoms with Crippen LogP contribution in [0.15, 0.2) is 53.5 Å². The summed E-state index contributed by atoms with van der Waals surface area (Å²) in [5.41, 5.74) is 6.24. The third-order valence-corrected chi connectivity index (χ3v) is 6.31. The molecule has 0 aliphatic carbocycles. The number of thiophene rings is 1. The Hall–Kier alpha value is -2.31. The Kier molecular flexibility index (Phi) is 4.46. The van der Waals surface area contributed by atoms with Gasteiger partial charge in [0.15, 0.2) is 0 Å². The second kappa shape index (κ2) is 6.90. The molecule has 4 nitrogen and oxygen atoms in total. The van der Waals surface area contributed by atoms with Crippen LogP contribution in [0.3, 0.4) is 0 Å². The number of aromatic nitrogens is 4. The summed E-state index contributed by atoms with van der Waals surface area (Å²) in [6.45, 7) is 4.22. The van der Waals surface area contributed by atoms with Crippen LogP contribution in [0.25, 0.3) is 11.3 Å². The summed E-state index contributed by atoms with van der Waals surface area (Å²) in [6, 6.07) is 12.5. The van der Waals surface area contributed by atoms with Gasteiger partial charge in [0.25, 0.3) is 0 Å². The molecule has 0 amide bonds. The highest BCUT2D eigenvalue weighted by atomic mass is 32.1. The van der Waals surface area contributed by atoms with Gasteiger partial charge in [-0.1, -0.05) is 42.5 Å². The minimum Gasteiger partial charge on any atom is -0.250 e. The number of hydrogen-bond donors (Lipinski definition) is 0. The zero-order chi connectivity index (χ0) is 17.2. The van der Waals surface area contributed by atoms with Crippen LogP contribution in [0, 0.1) is 6.92 Å². The molecule has 4 aromatic rings. The Morgan fingerprint density at radius 1 is 1.12 bits per heavy atom. The smallest absolute Gasteiger partial charge is 0.115 e. The predicted molar refractivity (Wildman–Crippen MR) is 103 cm³/mol.